The van der Waals surface area contributed by atoms with Crippen molar-refractivity contribution in [1.29, 1.82) is 0 Å². The fourth-order valence-corrected chi connectivity index (χ4v) is 3.39. The highest BCUT2D eigenvalue weighted by molar-refractivity contribution is 7.91. The zero-order chi connectivity index (χ0) is 11.6. The van der Waals surface area contributed by atoms with Gasteiger partial charge in [-0.05, 0) is 18.8 Å². The largest absolute Gasteiger partial charge is 0.331 e. The molecule has 1 fully saturated rings. The molecule has 88 valence electrons. The van der Waals surface area contributed by atoms with Gasteiger partial charge in [0, 0.05) is 6.42 Å². The number of carbonyl (C=O) groups excluding carboxylic acids is 1. The Labute approximate surface area is 93.0 Å². The summed E-state index contributed by atoms with van der Waals surface area (Å²) in [5.74, 6) is 1.18. The molecule has 0 spiro atoms. The zero-order valence-corrected chi connectivity index (χ0v) is 9.44. The van der Waals surface area contributed by atoms with Gasteiger partial charge in [0.25, 0.3) is 5.89 Å². The van der Waals surface area contributed by atoms with Gasteiger partial charge < -0.3 is 4.52 Å². The monoisotopic (exact) mass is 244 g/mol. The molecule has 2 rings (SSSR count). The smallest absolute Gasteiger partial charge is 0.290 e. The second kappa shape index (κ2) is 4.32. The van der Waals surface area contributed by atoms with Gasteiger partial charge in [-0.1, -0.05) is 5.16 Å². The predicted octanol–water partition coefficient (Wildman–Crippen LogP) is 0.249. The molecule has 1 aliphatic heterocycles. The first-order valence-corrected chi connectivity index (χ1v) is 6.89. The normalized spacial score (nSPS) is 20.8. The number of carbonyl (C=O) groups is 1. The summed E-state index contributed by atoms with van der Waals surface area (Å²) >= 11 is 0. The van der Waals surface area contributed by atoms with E-state index in [1.165, 1.54) is 0 Å². The lowest BCUT2D eigenvalue weighted by atomic mass is 9.99. The predicted molar refractivity (Wildman–Crippen MR) is 54.8 cm³/mol. The Hall–Kier alpha value is -1.24. The third kappa shape index (κ3) is 2.66. The summed E-state index contributed by atoms with van der Waals surface area (Å²) in [4.78, 5) is 14.2. The number of rotatable bonds is 3. The number of nitrogens with zero attached hydrogens (tertiary/aromatic N) is 2. The molecule has 16 heavy (non-hydrogen) atoms. The molecule has 0 radical (unpaired) electrons. The first kappa shape index (κ1) is 11.3. The van der Waals surface area contributed by atoms with Gasteiger partial charge in [-0.15, -0.1) is 0 Å². The van der Waals surface area contributed by atoms with Crippen molar-refractivity contribution in [2.75, 3.05) is 11.5 Å². The number of aldehydes is 1. The van der Waals surface area contributed by atoms with Crippen molar-refractivity contribution in [1.82, 2.24) is 10.1 Å². The molecule has 1 aromatic rings. The molecule has 0 amide bonds. The van der Waals surface area contributed by atoms with Crippen molar-refractivity contribution in [3.8, 4) is 0 Å². The molecule has 7 heteroatoms. The highest BCUT2D eigenvalue weighted by atomic mass is 32.2. The summed E-state index contributed by atoms with van der Waals surface area (Å²) in [7, 11) is -2.83. The third-order valence-corrected chi connectivity index (χ3v) is 4.45. The highest BCUT2D eigenvalue weighted by Gasteiger charge is 2.24. The van der Waals surface area contributed by atoms with E-state index >= 15 is 0 Å². The Morgan fingerprint density at radius 3 is 2.62 bits per heavy atom. The molecule has 2 heterocycles. The van der Waals surface area contributed by atoms with Crippen molar-refractivity contribution in [2.45, 2.75) is 19.3 Å². The molecule has 0 N–H and O–H groups in total. The van der Waals surface area contributed by atoms with Gasteiger partial charge >= 0.3 is 0 Å². The van der Waals surface area contributed by atoms with Crippen molar-refractivity contribution in [2.24, 2.45) is 5.92 Å². The van der Waals surface area contributed by atoms with E-state index in [2.05, 4.69) is 14.7 Å². The van der Waals surface area contributed by atoms with Crippen LogP contribution in [0.4, 0.5) is 0 Å². The van der Waals surface area contributed by atoms with Crippen LogP contribution in [0.25, 0.3) is 0 Å². The van der Waals surface area contributed by atoms with Crippen LogP contribution in [0.2, 0.25) is 0 Å². The fourth-order valence-electron chi connectivity index (χ4n) is 1.80. The molecule has 0 unspecified atom stereocenters. The summed E-state index contributed by atoms with van der Waals surface area (Å²) in [6, 6.07) is 0. The molecule has 1 aliphatic rings. The van der Waals surface area contributed by atoms with Crippen LogP contribution < -0.4 is 0 Å². The van der Waals surface area contributed by atoms with E-state index < -0.39 is 9.84 Å². The van der Waals surface area contributed by atoms with Gasteiger partial charge in [0.05, 0.1) is 11.5 Å². The van der Waals surface area contributed by atoms with Crippen LogP contribution in [-0.4, -0.2) is 36.4 Å². The van der Waals surface area contributed by atoms with Crippen LogP contribution in [0.5, 0.6) is 0 Å². The average Bonchev–Trinajstić information content (AvgIpc) is 2.69. The molecular weight excluding hydrogens is 232 g/mol. The molecule has 0 aromatic carbocycles. The van der Waals surface area contributed by atoms with Gasteiger partial charge in [-0.3, -0.25) is 4.79 Å². The third-order valence-electron chi connectivity index (χ3n) is 2.73. The molecule has 0 atom stereocenters. The Kier molecular flexibility index (Phi) is 3.04. The van der Waals surface area contributed by atoms with Crippen molar-refractivity contribution in [3.63, 3.8) is 0 Å². The lowest BCUT2D eigenvalue weighted by Gasteiger charge is -2.20. The summed E-state index contributed by atoms with van der Waals surface area (Å²) in [6.45, 7) is 0. The average molecular weight is 244 g/mol. The van der Waals surface area contributed by atoms with Crippen LogP contribution in [0.3, 0.4) is 0 Å². The van der Waals surface area contributed by atoms with Crippen LogP contribution >= 0.6 is 0 Å². The number of aromatic nitrogens is 2. The van der Waals surface area contributed by atoms with E-state index in [9.17, 15) is 13.2 Å². The molecule has 0 aliphatic carbocycles. The van der Waals surface area contributed by atoms with Crippen molar-refractivity contribution >= 4 is 16.1 Å². The maximum absolute atomic E-state index is 11.2. The minimum Gasteiger partial charge on any atom is -0.331 e. The minimum atomic E-state index is -2.83. The Morgan fingerprint density at radius 1 is 1.38 bits per heavy atom. The Bertz CT molecular complexity index is 465. The zero-order valence-electron chi connectivity index (χ0n) is 8.63. The van der Waals surface area contributed by atoms with Gasteiger partial charge in [0.1, 0.15) is 9.84 Å². The van der Waals surface area contributed by atoms with Crippen LogP contribution in [0.15, 0.2) is 4.52 Å². The van der Waals surface area contributed by atoms with E-state index in [-0.39, 0.29) is 23.3 Å². The first-order chi connectivity index (χ1) is 7.59. The van der Waals surface area contributed by atoms with E-state index in [1.807, 2.05) is 0 Å². The number of hydrogen-bond donors (Lipinski definition) is 0. The minimum absolute atomic E-state index is 0.0292. The van der Waals surface area contributed by atoms with E-state index in [0.717, 1.165) is 0 Å². The van der Waals surface area contributed by atoms with Gasteiger partial charge in [-0.2, -0.15) is 4.98 Å². The van der Waals surface area contributed by atoms with Crippen LogP contribution in [-0.2, 0) is 16.3 Å². The van der Waals surface area contributed by atoms with Gasteiger partial charge in [-0.25, -0.2) is 8.42 Å². The Balaban J connectivity index is 1.94. The van der Waals surface area contributed by atoms with Crippen molar-refractivity contribution in [3.05, 3.63) is 11.7 Å². The lowest BCUT2D eigenvalue weighted by molar-refractivity contribution is 0.108. The van der Waals surface area contributed by atoms with E-state index in [0.29, 0.717) is 31.4 Å². The standard InChI is InChI=1S/C9H12N2O4S/c12-6-9-10-8(11-15-9)5-7-1-3-16(13,14)4-2-7/h6-7H,1-5H2. The van der Waals surface area contributed by atoms with Crippen LogP contribution in [0, 0.1) is 5.92 Å². The maximum atomic E-state index is 11.2. The van der Waals surface area contributed by atoms with E-state index in [1.54, 1.807) is 0 Å². The summed E-state index contributed by atoms with van der Waals surface area (Å²) in [5.41, 5.74) is 0. The molecular formula is C9H12N2O4S. The summed E-state index contributed by atoms with van der Waals surface area (Å²) in [6.07, 6.45) is 2.34. The first-order valence-electron chi connectivity index (χ1n) is 5.07. The summed E-state index contributed by atoms with van der Waals surface area (Å²) < 4.78 is 27.1. The van der Waals surface area contributed by atoms with E-state index in [4.69, 9.17) is 0 Å². The quantitative estimate of drug-likeness (QED) is 0.708. The summed E-state index contributed by atoms with van der Waals surface area (Å²) in [5, 5.41) is 3.65. The maximum Gasteiger partial charge on any atom is 0.290 e. The highest BCUT2D eigenvalue weighted by Crippen LogP contribution is 2.21. The Morgan fingerprint density at radius 2 is 2.06 bits per heavy atom. The second-order valence-electron chi connectivity index (χ2n) is 3.97. The topological polar surface area (TPSA) is 90.1 Å². The lowest BCUT2D eigenvalue weighted by Crippen LogP contribution is -2.24. The van der Waals surface area contributed by atoms with Gasteiger partial charge in [0.2, 0.25) is 6.29 Å². The molecule has 1 aromatic heterocycles. The van der Waals surface area contributed by atoms with Gasteiger partial charge in [0.15, 0.2) is 5.82 Å². The SMILES string of the molecule is O=Cc1nc(CC2CCS(=O)(=O)CC2)no1. The molecule has 6 nitrogen and oxygen atoms in total. The molecule has 0 bridgehead atoms. The number of sulfone groups is 1. The van der Waals surface area contributed by atoms with Crippen LogP contribution in [0.1, 0.15) is 29.4 Å². The fraction of sp³-hybridized carbons (Fsp3) is 0.667. The van der Waals surface area contributed by atoms with Crippen molar-refractivity contribution < 1.29 is 17.7 Å². The number of hydrogen-bond acceptors (Lipinski definition) is 6. The molecule has 0 saturated carbocycles. The second-order valence-corrected chi connectivity index (χ2v) is 6.27. The molecule has 1 saturated heterocycles.